The van der Waals surface area contributed by atoms with Gasteiger partial charge in [0.25, 0.3) is 5.91 Å². The highest BCUT2D eigenvalue weighted by molar-refractivity contribution is 5.96. The molecule has 1 aromatic carbocycles. The van der Waals surface area contributed by atoms with E-state index < -0.39 is 0 Å². The van der Waals surface area contributed by atoms with Crippen molar-refractivity contribution < 1.29 is 4.79 Å². The second kappa shape index (κ2) is 6.23. The van der Waals surface area contributed by atoms with E-state index in [-0.39, 0.29) is 11.3 Å². The van der Waals surface area contributed by atoms with Gasteiger partial charge in [-0.05, 0) is 42.5 Å². The average Bonchev–Trinajstić information content (AvgIpc) is 3.08. The Balaban J connectivity index is 1.78. The average molecular weight is 324 g/mol. The zero-order valence-electron chi connectivity index (χ0n) is 14.8. The smallest absolute Gasteiger partial charge is 0.254 e. The van der Waals surface area contributed by atoms with Gasteiger partial charge in [0.15, 0.2) is 0 Å². The van der Waals surface area contributed by atoms with Gasteiger partial charge >= 0.3 is 0 Å². The van der Waals surface area contributed by atoms with Gasteiger partial charge in [0.2, 0.25) is 0 Å². The summed E-state index contributed by atoms with van der Waals surface area (Å²) in [6, 6.07) is 5.77. The first-order valence-corrected chi connectivity index (χ1v) is 8.31. The Kier molecular flexibility index (Phi) is 4.26. The highest BCUT2D eigenvalue weighted by atomic mass is 16.2. The van der Waals surface area contributed by atoms with Crippen LogP contribution in [0.4, 0.5) is 0 Å². The molecule has 0 saturated heterocycles. The lowest BCUT2D eigenvalue weighted by atomic mass is 9.83. The van der Waals surface area contributed by atoms with Crippen LogP contribution in [0.2, 0.25) is 0 Å². The van der Waals surface area contributed by atoms with Crippen LogP contribution in [0.15, 0.2) is 42.5 Å². The fraction of sp³-hybridized carbons (Fsp3) is 0.421. The summed E-state index contributed by atoms with van der Waals surface area (Å²) in [6.07, 6.45) is 6.31. The van der Waals surface area contributed by atoms with Crippen LogP contribution in [0, 0.1) is 12.3 Å². The van der Waals surface area contributed by atoms with E-state index in [0.717, 1.165) is 29.8 Å². The molecule has 5 heteroatoms. The zero-order chi connectivity index (χ0) is 17.3. The van der Waals surface area contributed by atoms with E-state index in [1.54, 1.807) is 11.0 Å². The summed E-state index contributed by atoms with van der Waals surface area (Å²) in [6.45, 7) is 10.1. The topological polar surface area (TPSA) is 51.0 Å². The molecular weight excluding hydrogens is 300 g/mol. The largest absolute Gasteiger partial charge is 0.335 e. The van der Waals surface area contributed by atoms with Gasteiger partial charge in [-0.2, -0.15) is 5.10 Å². The molecule has 24 heavy (non-hydrogen) atoms. The van der Waals surface area contributed by atoms with E-state index >= 15 is 0 Å². The van der Waals surface area contributed by atoms with Gasteiger partial charge in [-0.25, -0.2) is 9.67 Å². The van der Waals surface area contributed by atoms with Crippen LogP contribution in [-0.4, -0.2) is 38.7 Å². The number of hydrogen-bond donors (Lipinski definition) is 0. The van der Waals surface area contributed by atoms with E-state index in [1.807, 2.05) is 30.0 Å². The maximum atomic E-state index is 12.8. The summed E-state index contributed by atoms with van der Waals surface area (Å²) < 4.78 is 1.69. The number of hydrogen-bond acceptors (Lipinski definition) is 3. The molecule has 1 aromatic heterocycles. The van der Waals surface area contributed by atoms with Crippen molar-refractivity contribution in [2.24, 2.45) is 5.41 Å². The van der Waals surface area contributed by atoms with Crippen molar-refractivity contribution in [3.05, 3.63) is 53.6 Å². The maximum Gasteiger partial charge on any atom is 0.254 e. The SMILES string of the molecule is Cc1cc(-n2cncn2)ccc1C(=O)N1CC=C(C(C)(C)C)CC1. The number of carbonyl (C=O) groups excluding carboxylic acids is 1. The minimum atomic E-state index is 0.0989. The summed E-state index contributed by atoms with van der Waals surface area (Å²) in [5, 5.41) is 4.13. The molecule has 0 atom stereocenters. The van der Waals surface area contributed by atoms with Crippen molar-refractivity contribution in [2.75, 3.05) is 13.1 Å². The first kappa shape index (κ1) is 16.4. The molecule has 1 amide bonds. The Morgan fingerprint density at radius 3 is 2.58 bits per heavy atom. The monoisotopic (exact) mass is 324 g/mol. The van der Waals surface area contributed by atoms with Crippen LogP contribution in [-0.2, 0) is 0 Å². The summed E-state index contributed by atoms with van der Waals surface area (Å²) in [4.78, 5) is 18.7. The predicted octanol–water partition coefficient (Wildman–Crippen LogP) is 3.39. The highest BCUT2D eigenvalue weighted by Gasteiger charge is 2.24. The van der Waals surface area contributed by atoms with Crippen LogP contribution in [0.3, 0.4) is 0 Å². The van der Waals surface area contributed by atoms with E-state index in [0.29, 0.717) is 6.54 Å². The molecule has 1 aliphatic heterocycles. The Hall–Kier alpha value is -2.43. The van der Waals surface area contributed by atoms with Gasteiger partial charge in [0.05, 0.1) is 5.69 Å². The third-order valence-electron chi connectivity index (χ3n) is 4.58. The van der Waals surface area contributed by atoms with Crippen molar-refractivity contribution >= 4 is 5.91 Å². The van der Waals surface area contributed by atoms with Crippen molar-refractivity contribution in [2.45, 2.75) is 34.1 Å². The maximum absolute atomic E-state index is 12.8. The van der Waals surface area contributed by atoms with E-state index in [4.69, 9.17) is 0 Å². The van der Waals surface area contributed by atoms with Crippen LogP contribution in [0.25, 0.3) is 5.69 Å². The Bertz CT molecular complexity index is 769. The summed E-state index contributed by atoms with van der Waals surface area (Å²) in [5.41, 5.74) is 4.25. The number of carbonyl (C=O) groups is 1. The Morgan fingerprint density at radius 2 is 2.04 bits per heavy atom. The normalized spacial score (nSPS) is 15.3. The minimum absolute atomic E-state index is 0.0989. The lowest BCUT2D eigenvalue weighted by molar-refractivity contribution is 0.0764. The molecular formula is C19H24N4O. The van der Waals surface area contributed by atoms with Crippen molar-refractivity contribution in [3.63, 3.8) is 0 Å². The van der Waals surface area contributed by atoms with Crippen LogP contribution in [0.1, 0.15) is 43.1 Å². The molecule has 2 heterocycles. The number of nitrogens with zero attached hydrogens (tertiary/aromatic N) is 4. The molecule has 0 aliphatic carbocycles. The van der Waals surface area contributed by atoms with Gasteiger partial charge in [-0.3, -0.25) is 4.79 Å². The van der Waals surface area contributed by atoms with Gasteiger partial charge in [0, 0.05) is 18.7 Å². The summed E-state index contributed by atoms with van der Waals surface area (Å²) >= 11 is 0. The Labute approximate surface area is 143 Å². The number of rotatable bonds is 2. The minimum Gasteiger partial charge on any atom is -0.335 e. The molecule has 1 aliphatic rings. The molecule has 126 valence electrons. The highest BCUT2D eigenvalue weighted by Crippen LogP contribution is 2.30. The third-order valence-corrected chi connectivity index (χ3v) is 4.58. The fourth-order valence-electron chi connectivity index (χ4n) is 3.08. The molecule has 0 spiro atoms. The standard InChI is InChI=1S/C19H24N4O/c1-14-11-16(23-13-20-12-21-23)5-6-17(14)18(24)22-9-7-15(8-10-22)19(2,3)4/h5-7,11-13H,8-10H2,1-4H3. The molecule has 0 radical (unpaired) electrons. The van der Waals surface area contributed by atoms with Crippen molar-refractivity contribution in [1.29, 1.82) is 0 Å². The molecule has 0 bridgehead atoms. The summed E-state index contributed by atoms with van der Waals surface area (Å²) in [7, 11) is 0. The van der Waals surface area contributed by atoms with E-state index in [2.05, 4.69) is 36.9 Å². The lowest BCUT2D eigenvalue weighted by Gasteiger charge is -2.32. The lowest BCUT2D eigenvalue weighted by Crippen LogP contribution is -2.36. The number of benzene rings is 1. The molecule has 0 N–H and O–H groups in total. The first-order chi connectivity index (χ1) is 11.4. The third kappa shape index (κ3) is 3.25. The molecule has 5 nitrogen and oxygen atoms in total. The molecule has 3 rings (SSSR count). The molecule has 0 fully saturated rings. The van der Waals surface area contributed by atoms with Crippen LogP contribution < -0.4 is 0 Å². The quantitative estimate of drug-likeness (QED) is 0.796. The summed E-state index contributed by atoms with van der Waals surface area (Å²) in [5.74, 6) is 0.0989. The Morgan fingerprint density at radius 1 is 1.25 bits per heavy atom. The zero-order valence-corrected chi connectivity index (χ0v) is 14.8. The molecule has 2 aromatic rings. The second-order valence-corrected chi connectivity index (χ2v) is 7.32. The first-order valence-electron chi connectivity index (χ1n) is 8.31. The number of amides is 1. The van der Waals surface area contributed by atoms with Crippen LogP contribution in [0.5, 0.6) is 0 Å². The van der Waals surface area contributed by atoms with E-state index in [1.165, 1.54) is 11.9 Å². The van der Waals surface area contributed by atoms with Gasteiger partial charge < -0.3 is 4.90 Å². The number of aryl methyl sites for hydroxylation is 1. The van der Waals surface area contributed by atoms with Crippen molar-refractivity contribution in [1.82, 2.24) is 19.7 Å². The van der Waals surface area contributed by atoms with E-state index in [9.17, 15) is 4.79 Å². The number of aromatic nitrogens is 3. The second-order valence-electron chi connectivity index (χ2n) is 7.32. The van der Waals surface area contributed by atoms with Gasteiger partial charge in [-0.1, -0.05) is 32.4 Å². The van der Waals surface area contributed by atoms with Gasteiger partial charge in [-0.15, -0.1) is 0 Å². The van der Waals surface area contributed by atoms with Gasteiger partial charge in [0.1, 0.15) is 12.7 Å². The molecule has 0 saturated carbocycles. The predicted molar refractivity (Wildman–Crippen MR) is 94.2 cm³/mol. The molecule has 0 unspecified atom stereocenters. The van der Waals surface area contributed by atoms with Crippen LogP contribution >= 0.6 is 0 Å². The fourth-order valence-corrected chi connectivity index (χ4v) is 3.08. The van der Waals surface area contributed by atoms with Crippen molar-refractivity contribution in [3.8, 4) is 5.69 Å².